The standard InChI is InChI=1S/C23H37F4NO3/c1-21(2,17-12-15(24)8-9-20(17)31-3)13-22(30,23(25,26)27)14-28-11-10-19(29)16-6-4-5-7-18(16)28/h15-18,20,30H,4-14H2,1-3H3. The van der Waals surface area contributed by atoms with Crippen molar-refractivity contribution in [1.29, 1.82) is 0 Å². The Morgan fingerprint density at radius 2 is 1.81 bits per heavy atom. The van der Waals surface area contributed by atoms with Gasteiger partial charge < -0.3 is 9.84 Å². The number of hydrogen-bond acceptors (Lipinski definition) is 4. The maximum absolute atomic E-state index is 14.3. The second-order valence-electron chi connectivity index (χ2n) is 10.6. The summed E-state index contributed by atoms with van der Waals surface area (Å²) in [5.74, 6) is -0.507. The van der Waals surface area contributed by atoms with E-state index in [1.165, 1.54) is 7.11 Å². The summed E-state index contributed by atoms with van der Waals surface area (Å²) in [6, 6.07) is -0.233. The predicted octanol–water partition coefficient (Wildman–Crippen LogP) is 4.68. The van der Waals surface area contributed by atoms with Gasteiger partial charge in [-0.25, -0.2) is 4.39 Å². The molecule has 0 amide bonds. The lowest BCUT2D eigenvalue weighted by atomic mass is 9.64. The molecule has 4 nitrogen and oxygen atoms in total. The molecular formula is C23H37F4NO3. The lowest BCUT2D eigenvalue weighted by Crippen LogP contribution is -2.61. The highest BCUT2D eigenvalue weighted by Gasteiger charge is 2.59. The van der Waals surface area contributed by atoms with Gasteiger partial charge in [0.25, 0.3) is 0 Å². The number of piperidine rings is 1. The molecule has 3 rings (SSSR count). The Labute approximate surface area is 182 Å². The highest BCUT2D eigenvalue weighted by molar-refractivity contribution is 5.82. The van der Waals surface area contributed by atoms with Crippen LogP contribution in [0, 0.1) is 17.3 Å². The minimum atomic E-state index is -4.83. The number of ketones is 1. The van der Waals surface area contributed by atoms with Crippen LogP contribution in [0.3, 0.4) is 0 Å². The molecule has 1 N–H and O–H groups in total. The minimum absolute atomic E-state index is 0.135. The van der Waals surface area contributed by atoms with E-state index in [1.807, 2.05) is 0 Å². The van der Waals surface area contributed by atoms with Crippen LogP contribution < -0.4 is 0 Å². The fraction of sp³-hybridized carbons (Fsp3) is 0.957. The molecule has 3 aliphatic rings. The fourth-order valence-corrected chi connectivity index (χ4v) is 6.39. The van der Waals surface area contributed by atoms with Crippen LogP contribution in [-0.2, 0) is 9.53 Å². The van der Waals surface area contributed by atoms with E-state index in [0.29, 0.717) is 25.7 Å². The van der Waals surface area contributed by atoms with E-state index in [1.54, 1.807) is 18.7 Å². The van der Waals surface area contributed by atoms with Crippen molar-refractivity contribution in [2.24, 2.45) is 17.3 Å². The van der Waals surface area contributed by atoms with Gasteiger partial charge in [-0.2, -0.15) is 13.2 Å². The predicted molar refractivity (Wildman–Crippen MR) is 109 cm³/mol. The van der Waals surface area contributed by atoms with Crippen LogP contribution in [0.15, 0.2) is 0 Å². The van der Waals surface area contributed by atoms with Gasteiger partial charge in [0.1, 0.15) is 12.0 Å². The highest BCUT2D eigenvalue weighted by Crippen LogP contribution is 2.49. The van der Waals surface area contributed by atoms with E-state index < -0.39 is 42.2 Å². The summed E-state index contributed by atoms with van der Waals surface area (Å²) in [5.41, 5.74) is -3.91. The first-order chi connectivity index (χ1) is 14.4. The zero-order valence-electron chi connectivity index (χ0n) is 18.9. The van der Waals surface area contributed by atoms with Crippen molar-refractivity contribution in [3.63, 3.8) is 0 Å². The fourth-order valence-electron chi connectivity index (χ4n) is 6.39. The van der Waals surface area contributed by atoms with E-state index >= 15 is 0 Å². The Morgan fingerprint density at radius 3 is 2.45 bits per heavy atom. The number of alkyl halides is 4. The van der Waals surface area contributed by atoms with Gasteiger partial charge in [-0.15, -0.1) is 0 Å². The van der Waals surface area contributed by atoms with Crippen LogP contribution in [0.4, 0.5) is 17.6 Å². The number of ether oxygens (including phenoxy) is 1. The summed E-state index contributed by atoms with van der Waals surface area (Å²) in [6.07, 6.45) is -2.35. The number of Topliss-reactive ketones (excluding diaryl/α,β-unsaturated/α-hetero) is 1. The SMILES string of the molecule is COC1CCC(F)CC1C(C)(C)CC(O)(CN1CCC(=O)C2CCCCC21)C(F)(F)F. The van der Waals surface area contributed by atoms with Crippen LogP contribution in [0.2, 0.25) is 0 Å². The monoisotopic (exact) mass is 451 g/mol. The summed E-state index contributed by atoms with van der Waals surface area (Å²) in [5, 5.41) is 11.1. The number of methoxy groups -OCH3 is 1. The van der Waals surface area contributed by atoms with Crippen molar-refractivity contribution in [1.82, 2.24) is 4.90 Å². The third-order valence-electron chi connectivity index (χ3n) is 8.03. The minimum Gasteiger partial charge on any atom is -0.381 e. The number of nitrogens with zero attached hydrogens (tertiary/aromatic N) is 1. The van der Waals surface area contributed by atoms with Gasteiger partial charge in [0.2, 0.25) is 0 Å². The van der Waals surface area contributed by atoms with Crippen LogP contribution >= 0.6 is 0 Å². The van der Waals surface area contributed by atoms with E-state index in [-0.39, 0.29) is 43.2 Å². The number of hydrogen-bond donors (Lipinski definition) is 1. The third kappa shape index (κ3) is 5.27. The molecule has 31 heavy (non-hydrogen) atoms. The van der Waals surface area contributed by atoms with E-state index in [9.17, 15) is 27.5 Å². The molecule has 0 aromatic heterocycles. The Balaban J connectivity index is 1.82. The Kier molecular flexibility index (Phi) is 7.44. The number of carbonyl (C=O) groups is 1. The number of likely N-dealkylation sites (tertiary alicyclic amines) is 1. The first-order valence-corrected chi connectivity index (χ1v) is 11.6. The molecule has 6 atom stereocenters. The van der Waals surface area contributed by atoms with Crippen molar-refractivity contribution in [2.75, 3.05) is 20.2 Å². The lowest BCUT2D eigenvalue weighted by molar-refractivity contribution is -0.280. The molecule has 8 heteroatoms. The molecule has 180 valence electrons. The maximum atomic E-state index is 14.3. The van der Waals surface area contributed by atoms with Gasteiger partial charge in [-0.3, -0.25) is 9.69 Å². The lowest BCUT2D eigenvalue weighted by Gasteiger charge is -2.50. The van der Waals surface area contributed by atoms with Gasteiger partial charge in [0.05, 0.1) is 6.10 Å². The molecule has 2 aliphatic carbocycles. The highest BCUT2D eigenvalue weighted by atomic mass is 19.4. The number of β-amino-alcohol motifs (C(OH)–C–C–N with tert-alkyl or cyclic N) is 1. The van der Waals surface area contributed by atoms with Crippen LogP contribution in [0.25, 0.3) is 0 Å². The average Bonchev–Trinajstić information content (AvgIpc) is 2.69. The van der Waals surface area contributed by atoms with Crippen molar-refractivity contribution in [2.45, 2.75) is 102 Å². The molecular weight excluding hydrogens is 414 g/mol. The van der Waals surface area contributed by atoms with Gasteiger partial charge in [-0.05, 0) is 49.9 Å². The van der Waals surface area contributed by atoms with E-state index in [2.05, 4.69) is 0 Å². The molecule has 0 spiro atoms. The maximum Gasteiger partial charge on any atom is 0.418 e. The molecule has 1 saturated heterocycles. The largest absolute Gasteiger partial charge is 0.418 e. The molecule has 2 saturated carbocycles. The molecule has 0 aromatic rings. The van der Waals surface area contributed by atoms with E-state index in [0.717, 1.165) is 12.8 Å². The molecule has 0 radical (unpaired) electrons. The van der Waals surface area contributed by atoms with Crippen molar-refractivity contribution in [3.05, 3.63) is 0 Å². The van der Waals surface area contributed by atoms with Gasteiger partial charge >= 0.3 is 6.18 Å². The Morgan fingerprint density at radius 1 is 1.13 bits per heavy atom. The van der Waals surface area contributed by atoms with Gasteiger partial charge in [-0.1, -0.05) is 26.7 Å². The first-order valence-electron chi connectivity index (χ1n) is 11.6. The number of carbonyl (C=O) groups excluding carboxylic acids is 1. The van der Waals surface area contributed by atoms with Crippen LogP contribution in [0.5, 0.6) is 0 Å². The molecule has 1 heterocycles. The summed E-state index contributed by atoms with van der Waals surface area (Å²) < 4.78 is 62.4. The third-order valence-corrected chi connectivity index (χ3v) is 8.03. The second-order valence-corrected chi connectivity index (χ2v) is 10.6. The van der Waals surface area contributed by atoms with Crippen molar-refractivity contribution in [3.8, 4) is 0 Å². The van der Waals surface area contributed by atoms with Gasteiger partial charge in [0, 0.05) is 38.6 Å². The molecule has 1 aliphatic heterocycles. The first kappa shape index (κ1) is 24.9. The zero-order chi connectivity index (χ0) is 23.0. The van der Waals surface area contributed by atoms with E-state index in [4.69, 9.17) is 4.74 Å². The molecule has 0 bridgehead atoms. The summed E-state index contributed by atoms with van der Waals surface area (Å²) in [4.78, 5) is 14.0. The Hall–Kier alpha value is -0.730. The summed E-state index contributed by atoms with van der Waals surface area (Å²) in [6.45, 7) is 3.07. The van der Waals surface area contributed by atoms with Gasteiger partial charge in [0.15, 0.2) is 5.60 Å². The van der Waals surface area contributed by atoms with Crippen molar-refractivity contribution >= 4 is 5.78 Å². The van der Waals surface area contributed by atoms with Crippen LogP contribution in [-0.4, -0.2) is 66.1 Å². The van der Waals surface area contributed by atoms with Crippen LogP contribution in [0.1, 0.15) is 71.6 Å². The summed E-state index contributed by atoms with van der Waals surface area (Å²) in [7, 11) is 1.51. The van der Waals surface area contributed by atoms with Crippen molar-refractivity contribution < 1.29 is 32.2 Å². The smallest absolute Gasteiger partial charge is 0.381 e. The average molecular weight is 452 g/mol. The summed E-state index contributed by atoms with van der Waals surface area (Å²) >= 11 is 0. The molecule has 6 unspecified atom stereocenters. The topological polar surface area (TPSA) is 49.8 Å². The number of aliphatic hydroxyl groups is 1. The Bertz CT molecular complexity index is 641. The molecule has 0 aromatic carbocycles. The quantitative estimate of drug-likeness (QED) is 0.596. The normalized spacial score (nSPS) is 35.5. The number of rotatable bonds is 6. The second kappa shape index (κ2) is 9.26. The number of fused-ring (bicyclic) bond motifs is 1. The number of halogens is 4. The zero-order valence-corrected chi connectivity index (χ0v) is 18.9. The molecule has 3 fully saturated rings.